The van der Waals surface area contributed by atoms with Gasteiger partial charge in [0, 0.05) is 34.8 Å². The van der Waals surface area contributed by atoms with Gasteiger partial charge < -0.3 is 14.4 Å². The highest BCUT2D eigenvalue weighted by Gasteiger charge is 2.19. The predicted octanol–water partition coefficient (Wildman–Crippen LogP) is 4.61. The lowest BCUT2D eigenvalue weighted by atomic mass is 10.0. The molecule has 0 bridgehead atoms. The number of allylic oxidation sites excluding steroid dienone is 1. The summed E-state index contributed by atoms with van der Waals surface area (Å²) in [5.41, 5.74) is 1.67. The van der Waals surface area contributed by atoms with Gasteiger partial charge >= 0.3 is 0 Å². The number of methoxy groups -OCH3 is 2. The van der Waals surface area contributed by atoms with Crippen LogP contribution in [-0.4, -0.2) is 32.1 Å². The first-order valence-corrected chi connectivity index (χ1v) is 8.75. The molecule has 1 amide bonds. The Kier molecular flexibility index (Phi) is 6.80. The largest absolute Gasteiger partial charge is 0.493 e. The minimum Gasteiger partial charge on any atom is -0.493 e. The summed E-state index contributed by atoms with van der Waals surface area (Å²) >= 11 is 3.32. The molecule has 4 nitrogen and oxygen atoms in total. The zero-order chi connectivity index (χ0) is 19.3. The van der Waals surface area contributed by atoms with Gasteiger partial charge in [0.2, 0.25) is 0 Å². The van der Waals surface area contributed by atoms with Crippen LogP contribution in [0.2, 0.25) is 0 Å². The predicted molar refractivity (Wildman–Crippen MR) is 103 cm³/mol. The van der Waals surface area contributed by atoms with Gasteiger partial charge in [0.25, 0.3) is 5.91 Å². The molecular weight excluding hydrogens is 401 g/mol. The van der Waals surface area contributed by atoms with E-state index < -0.39 is 0 Å². The lowest BCUT2D eigenvalue weighted by Gasteiger charge is -2.20. The Morgan fingerprint density at radius 1 is 1.23 bits per heavy atom. The number of rotatable bonds is 7. The maximum atomic E-state index is 14.0. The molecule has 0 saturated heterocycles. The molecule has 2 rings (SSSR count). The van der Waals surface area contributed by atoms with E-state index in [0.717, 1.165) is 10.0 Å². The highest BCUT2D eigenvalue weighted by molar-refractivity contribution is 9.10. The van der Waals surface area contributed by atoms with Crippen LogP contribution in [0.3, 0.4) is 0 Å². The standard InChI is InChI=1S/C20H21BrFNO3/c1-5-6-13-9-14(11-18(25-3)19(13)26-4)20(24)23(2)12-15-10-16(21)7-8-17(15)22/h5,7-11H,1,6,12H2,2-4H3. The van der Waals surface area contributed by atoms with Crippen LogP contribution in [-0.2, 0) is 13.0 Å². The van der Waals surface area contributed by atoms with Crippen molar-refractivity contribution < 1.29 is 18.7 Å². The Labute approximate surface area is 161 Å². The van der Waals surface area contributed by atoms with Gasteiger partial charge in [-0.15, -0.1) is 6.58 Å². The summed E-state index contributed by atoms with van der Waals surface area (Å²) < 4.78 is 25.5. The molecule has 0 spiro atoms. The van der Waals surface area contributed by atoms with Crippen molar-refractivity contribution in [3.05, 3.63) is 70.0 Å². The average molecular weight is 422 g/mol. The number of hydrogen-bond donors (Lipinski definition) is 0. The molecule has 0 heterocycles. The van der Waals surface area contributed by atoms with Crippen molar-refractivity contribution in [1.29, 1.82) is 0 Å². The molecule has 0 aromatic heterocycles. The van der Waals surface area contributed by atoms with Crippen molar-refractivity contribution >= 4 is 21.8 Å². The van der Waals surface area contributed by atoms with Crippen LogP contribution in [0.25, 0.3) is 0 Å². The fourth-order valence-corrected chi connectivity index (χ4v) is 3.09. The van der Waals surface area contributed by atoms with E-state index in [1.54, 1.807) is 44.5 Å². The van der Waals surface area contributed by atoms with Crippen molar-refractivity contribution in [3.8, 4) is 11.5 Å². The summed E-state index contributed by atoms with van der Waals surface area (Å²) in [7, 11) is 4.70. The van der Waals surface area contributed by atoms with E-state index in [1.807, 2.05) is 0 Å². The number of halogens is 2. The van der Waals surface area contributed by atoms with Crippen molar-refractivity contribution in [2.75, 3.05) is 21.3 Å². The molecule has 6 heteroatoms. The number of amides is 1. The Morgan fingerprint density at radius 3 is 2.58 bits per heavy atom. The monoisotopic (exact) mass is 421 g/mol. The lowest BCUT2D eigenvalue weighted by molar-refractivity contribution is 0.0783. The van der Waals surface area contributed by atoms with Crippen LogP contribution in [0, 0.1) is 5.82 Å². The maximum absolute atomic E-state index is 14.0. The Hall–Kier alpha value is -2.34. The van der Waals surface area contributed by atoms with Crippen LogP contribution in [0.15, 0.2) is 47.5 Å². The topological polar surface area (TPSA) is 38.8 Å². The van der Waals surface area contributed by atoms with Crippen LogP contribution >= 0.6 is 15.9 Å². The third-order valence-electron chi connectivity index (χ3n) is 3.93. The van der Waals surface area contributed by atoms with Crippen LogP contribution in [0.1, 0.15) is 21.5 Å². The molecular formula is C20H21BrFNO3. The zero-order valence-corrected chi connectivity index (χ0v) is 16.6. The molecule has 2 aromatic carbocycles. The van der Waals surface area contributed by atoms with Crippen LogP contribution in [0.5, 0.6) is 11.5 Å². The van der Waals surface area contributed by atoms with E-state index >= 15 is 0 Å². The third-order valence-corrected chi connectivity index (χ3v) is 4.42. The van der Waals surface area contributed by atoms with E-state index in [0.29, 0.717) is 29.0 Å². The van der Waals surface area contributed by atoms with E-state index in [9.17, 15) is 9.18 Å². The van der Waals surface area contributed by atoms with Crippen molar-refractivity contribution in [2.24, 2.45) is 0 Å². The summed E-state index contributed by atoms with van der Waals surface area (Å²) in [6.07, 6.45) is 2.26. The fraction of sp³-hybridized carbons (Fsp3) is 0.250. The van der Waals surface area contributed by atoms with Crippen LogP contribution in [0.4, 0.5) is 4.39 Å². The van der Waals surface area contributed by atoms with Gasteiger partial charge in [-0.05, 0) is 36.8 Å². The highest BCUT2D eigenvalue weighted by atomic mass is 79.9. The van der Waals surface area contributed by atoms with Crippen molar-refractivity contribution in [2.45, 2.75) is 13.0 Å². The normalized spacial score (nSPS) is 10.3. The molecule has 0 radical (unpaired) electrons. The van der Waals surface area contributed by atoms with Gasteiger partial charge in [-0.1, -0.05) is 22.0 Å². The molecule has 0 unspecified atom stereocenters. The maximum Gasteiger partial charge on any atom is 0.254 e. The number of hydrogen-bond acceptors (Lipinski definition) is 3. The quantitative estimate of drug-likeness (QED) is 0.612. The van der Waals surface area contributed by atoms with E-state index in [2.05, 4.69) is 22.5 Å². The second-order valence-electron chi connectivity index (χ2n) is 5.76. The zero-order valence-electron chi connectivity index (χ0n) is 15.0. The minimum atomic E-state index is -0.354. The van der Waals surface area contributed by atoms with Gasteiger partial charge in [-0.2, -0.15) is 0 Å². The summed E-state index contributed by atoms with van der Waals surface area (Å²) in [6.45, 7) is 3.88. The summed E-state index contributed by atoms with van der Waals surface area (Å²) in [4.78, 5) is 14.3. The Balaban J connectivity index is 2.34. The first-order valence-electron chi connectivity index (χ1n) is 7.96. The van der Waals surface area contributed by atoms with Gasteiger partial charge in [0.05, 0.1) is 14.2 Å². The molecule has 26 heavy (non-hydrogen) atoms. The number of carbonyl (C=O) groups is 1. The second-order valence-corrected chi connectivity index (χ2v) is 6.68. The molecule has 2 aromatic rings. The van der Waals surface area contributed by atoms with E-state index in [4.69, 9.17) is 9.47 Å². The second kappa shape index (κ2) is 8.85. The molecule has 0 saturated carbocycles. The van der Waals surface area contributed by atoms with Gasteiger partial charge in [-0.25, -0.2) is 4.39 Å². The van der Waals surface area contributed by atoms with Gasteiger partial charge in [0.1, 0.15) is 5.82 Å². The molecule has 0 atom stereocenters. The molecule has 0 aliphatic rings. The summed E-state index contributed by atoms with van der Waals surface area (Å²) in [5, 5.41) is 0. The van der Waals surface area contributed by atoms with E-state index in [1.165, 1.54) is 18.1 Å². The number of benzene rings is 2. The molecule has 0 fully saturated rings. The molecule has 138 valence electrons. The Bertz CT molecular complexity index is 823. The first kappa shape index (κ1) is 20.0. The number of nitrogens with zero attached hydrogens (tertiary/aromatic N) is 1. The van der Waals surface area contributed by atoms with Crippen LogP contribution < -0.4 is 9.47 Å². The lowest BCUT2D eigenvalue weighted by Crippen LogP contribution is -2.27. The molecule has 0 aliphatic carbocycles. The minimum absolute atomic E-state index is 0.148. The smallest absolute Gasteiger partial charge is 0.254 e. The number of carbonyl (C=O) groups excluding carboxylic acids is 1. The first-order chi connectivity index (χ1) is 12.4. The summed E-state index contributed by atoms with van der Waals surface area (Å²) in [5.74, 6) is 0.449. The third kappa shape index (κ3) is 4.43. The van der Waals surface area contributed by atoms with Gasteiger partial charge in [0.15, 0.2) is 11.5 Å². The Morgan fingerprint density at radius 2 is 1.96 bits per heavy atom. The van der Waals surface area contributed by atoms with Crippen molar-refractivity contribution in [3.63, 3.8) is 0 Å². The molecule has 0 aliphatic heterocycles. The fourth-order valence-electron chi connectivity index (χ4n) is 2.69. The number of ether oxygens (including phenoxy) is 2. The van der Waals surface area contributed by atoms with E-state index in [-0.39, 0.29) is 18.3 Å². The summed E-state index contributed by atoms with van der Waals surface area (Å²) in [6, 6.07) is 8.03. The van der Waals surface area contributed by atoms with Crippen molar-refractivity contribution in [1.82, 2.24) is 4.90 Å². The molecule has 0 N–H and O–H groups in total. The SMILES string of the molecule is C=CCc1cc(C(=O)N(C)Cc2cc(Br)ccc2F)cc(OC)c1OC. The average Bonchev–Trinajstić information content (AvgIpc) is 2.63. The highest BCUT2D eigenvalue weighted by Crippen LogP contribution is 2.33. The van der Waals surface area contributed by atoms with Gasteiger partial charge in [-0.3, -0.25) is 4.79 Å².